The molecular formula is C14H20N2O2. The summed E-state index contributed by atoms with van der Waals surface area (Å²) in [5, 5.41) is 1.07. The summed E-state index contributed by atoms with van der Waals surface area (Å²) >= 11 is 0. The van der Waals surface area contributed by atoms with Gasteiger partial charge in [-0.1, -0.05) is 18.2 Å². The third kappa shape index (κ3) is 3.10. The van der Waals surface area contributed by atoms with E-state index in [1.807, 2.05) is 51.1 Å². The molecule has 0 saturated carbocycles. The maximum absolute atomic E-state index is 5.76. The highest BCUT2D eigenvalue weighted by Crippen LogP contribution is 2.24. The Kier molecular flexibility index (Phi) is 3.71. The quantitative estimate of drug-likeness (QED) is 0.645. The first kappa shape index (κ1) is 13.1. The van der Waals surface area contributed by atoms with Crippen LogP contribution in [0.3, 0.4) is 0 Å². The lowest BCUT2D eigenvalue weighted by Crippen LogP contribution is -2.34. The normalized spacial score (nSPS) is 14.0. The molecule has 1 heterocycles. The van der Waals surface area contributed by atoms with Gasteiger partial charge in [-0.2, -0.15) is 0 Å². The van der Waals surface area contributed by atoms with Crippen LogP contribution in [0, 0.1) is 0 Å². The molecule has 0 aliphatic carbocycles. The molecule has 0 fully saturated rings. The Balaban J connectivity index is 2.16. The van der Waals surface area contributed by atoms with Crippen molar-refractivity contribution in [2.24, 2.45) is 5.84 Å². The first-order chi connectivity index (χ1) is 8.49. The van der Waals surface area contributed by atoms with Gasteiger partial charge in [0.05, 0.1) is 12.2 Å². The molecule has 0 bridgehead atoms. The molecule has 3 N–H and O–H groups in total. The molecule has 1 unspecified atom stereocenters. The van der Waals surface area contributed by atoms with Crippen molar-refractivity contribution >= 4 is 11.0 Å². The van der Waals surface area contributed by atoms with Gasteiger partial charge in [0, 0.05) is 5.39 Å². The Hall–Kier alpha value is -1.36. The van der Waals surface area contributed by atoms with Crippen molar-refractivity contribution in [2.75, 3.05) is 6.61 Å². The number of hydrazine groups is 1. The number of nitrogens with one attached hydrogen (secondary N) is 1. The first-order valence-electron chi connectivity index (χ1n) is 6.08. The minimum absolute atomic E-state index is 0.142. The summed E-state index contributed by atoms with van der Waals surface area (Å²) < 4.78 is 11.5. The fourth-order valence-corrected chi connectivity index (χ4v) is 1.72. The molecule has 98 valence electrons. The third-order valence-electron chi connectivity index (χ3n) is 2.67. The van der Waals surface area contributed by atoms with Crippen LogP contribution in [0.25, 0.3) is 11.0 Å². The molecule has 2 rings (SSSR count). The maximum Gasteiger partial charge on any atom is 0.134 e. The van der Waals surface area contributed by atoms with Crippen molar-refractivity contribution in [3.8, 4) is 0 Å². The van der Waals surface area contributed by atoms with E-state index < -0.39 is 0 Å². The van der Waals surface area contributed by atoms with E-state index in [1.165, 1.54) is 0 Å². The summed E-state index contributed by atoms with van der Waals surface area (Å²) in [6.45, 7) is 6.51. The number of hydrogen-bond donors (Lipinski definition) is 2. The second-order valence-corrected chi connectivity index (χ2v) is 5.33. The van der Waals surface area contributed by atoms with Crippen LogP contribution in [0.2, 0.25) is 0 Å². The predicted molar refractivity (Wildman–Crippen MR) is 72.0 cm³/mol. The maximum atomic E-state index is 5.76. The van der Waals surface area contributed by atoms with Crippen molar-refractivity contribution in [1.82, 2.24) is 5.43 Å². The summed E-state index contributed by atoms with van der Waals surface area (Å²) in [5.41, 5.74) is 3.40. The van der Waals surface area contributed by atoms with Gasteiger partial charge in [0.1, 0.15) is 17.4 Å². The second-order valence-electron chi connectivity index (χ2n) is 5.33. The Bertz CT molecular complexity index is 481. The van der Waals surface area contributed by atoms with Crippen LogP contribution in [-0.2, 0) is 4.74 Å². The molecule has 1 aromatic heterocycles. The molecule has 18 heavy (non-hydrogen) atoms. The van der Waals surface area contributed by atoms with Gasteiger partial charge >= 0.3 is 0 Å². The van der Waals surface area contributed by atoms with Gasteiger partial charge in [0.2, 0.25) is 0 Å². The molecule has 0 aliphatic heterocycles. The molecule has 1 atom stereocenters. The number of furan rings is 1. The summed E-state index contributed by atoms with van der Waals surface area (Å²) in [6, 6.07) is 9.74. The topological polar surface area (TPSA) is 60.4 Å². The van der Waals surface area contributed by atoms with E-state index in [4.69, 9.17) is 15.0 Å². The van der Waals surface area contributed by atoms with Gasteiger partial charge in [0.25, 0.3) is 0 Å². The zero-order chi connectivity index (χ0) is 13.2. The second kappa shape index (κ2) is 5.10. The third-order valence-corrected chi connectivity index (χ3v) is 2.67. The van der Waals surface area contributed by atoms with Crippen molar-refractivity contribution < 1.29 is 9.15 Å². The average molecular weight is 248 g/mol. The highest BCUT2D eigenvalue weighted by molar-refractivity contribution is 5.77. The lowest BCUT2D eigenvalue weighted by atomic mass is 10.1. The molecule has 0 radical (unpaired) electrons. The smallest absolute Gasteiger partial charge is 0.134 e. The van der Waals surface area contributed by atoms with Gasteiger partial charge in [-0.15, -0.1) is 0 Å². The lowest BCUT2D eigenvalue weighted by Gasteiger charge is -2.23. The predicted octanol–water partition coefficient (Wildman–Crippen LogP) is 2.75. The Morgan fingerprint density at radius 2 is 2.06 bits per heavy atom. The minimum atomic E-state index is -0.193. The van der Waals surface area contributed by atoms with Crippen LogP contribution in [0.4, 0.5) is 0 Å². The van der Waals surface area contributed by atoms with Crippen molar-refractivity contribution in [3.05, 3.63) is 36.1 Å². The molecule has 2 aromatic rings. The van der Waals surface area contributed by atoms with E-state index >= 15 is 0 Å². The Labute approximate surface area is 107 Å². The van der Waals surface area contributed by atoms with Gasteiger partial charge < -0.3 is 9.15 Å². The Morgan fingerprint density at radius 3 is 2.67 bits per heavy atom. The fourth-order valence-electron chi connectivity index (χ4n) is 1.72. The van der Waals surface area contributed by atoms with Crippen LogP contribution in [-0.4, -0.2) is 12.2 Å². The highest BCUT2D eigenvalue weighted by Gasteiger charge is 2.19. The summed E-state index contributed by atoms with van der Waals surface area (Å²) in [4.78, 5) is 0. The number of benzene rings is 1. The molecule has 4 nitrogen and oxygen atoms in total. The molecule has 0 saturated heterocycles. The fraction of sp³-hybridized carbons (Fsp3) is 0.429. The molecule has 0 amide bonds. The van der Waals surface area contributed by atoms with E-state index in [1.54, 1.807) is 0 Å². The van der Waals surface area contributed by atoms with Gasteiger partial charge in [-0.25, -0.2) is 5.43 Å². The number of rotatable bonds is 4. The van der Waals surface area contributed by atoms with E-state index in [0.29, 0.717) is 6.61 Å². The van der Waals surface area contributed by atoms with Crippen molar-refractivity contribution in [2.45, 2.75) is 32.4 Å². The summed E-state index contributed by atoms with van der Waals surface area (Å²) in [7, 11) is 0. The molecule has 0 spiro atoms. The van der Waals surface area contributed by atoms with Crippen LogP contribution in [0.1, 0.15) is 32.6 Å². The number of hydrogen-bond acceptors (Lipinski definition) is 4. The minimum Gasteiger partial charge on any atom is -0.459 e. The molecule has 4 heteroatoms. The van der Waals surface area contributed by atoms with Gasteiger partial charge in [-0.3, -0.25) is 5.84 Å². The molecule has 0 aliphatic rings. The van der Waals surface area contributed by atoms with Crippen molar-refractivity contribution in [3.63, 3.8) is 0 Å². The molecule has 1 aromatic carbocycles. The summed E-state index contributed by atoms with van der Waals surface area (Å²) in [5.74, 6) is 6.36. The van der Waals surface area contributed by atoms with Crippen molar-refractivity contribution in [1.29, 1.82) is 0 Å². The Morgan fingerprint density at radius 1 is 1.33 bits per heavy atom. The van der Waals surface area contributed by atoms with Crippen LogP contribution in [0.5, 0.6) is 0 Å². The largest absolute Gasteiger partial charge is 0.459 e. The average Bonchev–Trinajstić information content (AvgIpc) is 2.71. The van der Waals surface area contributed by atoms with Crippen LogP contribution >= 0.6 is 0 Å². The SMILES string of the molecule is CC(C)(C)OCC(NN)c1cc2ccccc2o1. The lowest BCUT2D eigenvalue weighted by molar-refractivity contribution is -0.0171. The van der Waals surface area contributed by atoms with E-state index in [9.17, 15) is 0 Å². The number of nitrogens with two attached hydrogens (primary N) is 1. The van der Waals surface area contributed by atoms with Gasteiger partial charge in [0.15, 0.2) is 0 Å². The van der Waals surface area contributed by atoms with E-state index in [-0.39, 0.29) is 11.6 Å². The zero-order valence-electron chi connectivity index (χ0n) is 11.1. The standard InChI is InChI=1S/C14H20N2O2/c1-14(2,3)17-9-11(16-15)13-8-10-6-4-5-7-12(10)18-13/h4-8,11,16H,9,15H2,1-3H3. The van der Waals surface area contributed by atoms with Crippen LogP contribution < -0.4 is 11.3 Å². The van der Waals surface area contributed by atoms with E-state index in [2.05, 4.69) is 5.43 Å². The number of ether oxygens (including phenoxy) is 1. The summed E-state index contributed by atoms with van der Waals surface area (Å²) in [6.07, 6.45) is 0. The number of fused-ring (bicyclic) bond motifs is 1. The van der Waals surface area contributed by atoms with E-state index in [0.717, 1.165) is 16.7 Å². The zero-order valence-corrected chi connectivity index (χ0v) is 11.1. The van der Waals surface area contributed by atoms with Gasteiger partial charge in [-0.05, 0) is 32.9 Å². The molecular weight excluding hydrogens is 228 g/mol. The first-order valence-corrected chi connectivity index (χ1v) is 6.08. The highest BCUT2D eigenvalue weighted by atomic mass is 16.5. The van der Waals surface area contributed by atoms with Crippen LogP contribution in [0.15, 0.2) is 34.7 Å². The monoisotopic (exact) mass is 248 g/mol. The number of para-hydroxylation sites is 1.